The Bertz CT molecular complexity index is 1110. The van der Waals surface area contributed by atoms with Crippen molar-refractivity contribution in [1.29, 1.82) is 0 Å². The molecule has 2 aromatic carbocycles. The SMILES string of the molecule is Oc1nc2nonc2nc1Nc1ccc(-c2cccc(C(F)(F)F)c2)cc1. The van der Waals surface area contributed by atoms with Gasteiger partial charge in [0.2, 0.25) is 11.3 Å². The third-order valence-corrected chi connectivity index (χ3v) is 3.77. The van der Waals surface area contributed by atoms with E-state index in [-0.39, 0.29) is 23.0 Å². The zero-order chi connectivity index (χ0) is 19.0. The first-order valence-electron chi connectivity index (χ1n) is 7.64. The van der Waals surface area contributed by atoms with Crippen LogP contribution >= 0.6 is 0 Å². The summed E-state index contributed by atoms with van der Waals surface area (Å²) in [7, 11) is 0. The summed E-state index contributed by atoms with van der Waals surface area (Å²) in [6.45, 7) is 0. The Morgan fingerprint density at radius 1 is 0.889 bits per heavy atom. The van der Waals surface area contributed by atoms with E-state index < -0.39 is 11.7 Å². The van der Waals surface area contributed by atoms with Gasteiger partial charge in [-0.2, -0.15) is 23.1 Å². The number of nitrogens with one attached hydrogen (secondary N) is 1. The predicted molar refractivity (Wildman–Crippen MR) is 89.2 cm³/mol. The van der Waals surface area contributed by atoms with Crippen LogP contribution in [0.1, 0.15) is 5.56 Å². The van der Waals surface area contributed by atoms with Gasteiger partial charge in [-0.15, -0.1) is 0 Å². The van der Waals surface area contributed by atoms with Crippen molar-refractivity contribution in [3.05, 3.63) is 54.1 Å². The van der Waals surface area contributed by atoms with Crippen molar-refractivity contribution in [2.24, 2.45) is 0 Å². The van der Waals surface area contributed by atoms with Crippen LogP contribution in [-0.2, 0) is 6.18 Å². The fourth-order valence-corrected chi connectivity index (χ4v) is 2.47. The van der Waals surface area contributed by atoms with Crippen molar-refractivity contribution in [1.82, 2.24) is 20.3 Å². The molecule has 0 aliphatic carbocycles. The Hall–Kier alpha value is -3.69. The maximum Gasteiger partial charge on any atom is 0.416 e. The first kappa shape index (κ1) is 16.8. The molecule has 0 unspecified atom stereocenters. The average Bonchev–Trinajstić information content (AvgIpc) is 3.09. The zero-order valence-electron chi connectivity index (χ0n) is 13.4. The molecule has 4 aromatic rings. The quantitative estimate of drug-likeness (QED) is 0.557. The first-order chi connectivity index (χ1) is 12.9. The number of rotatable bonds is 3. The van der Waals surface area contributed by atoms with Gasteiger partial charge in [0.25, 0.3) is 5.88 Å². The van der Waals surface area contributed by atoms with Gasteiger partial charge in [-0.1, -0.05) is 24.3 Å². The average molecular weight is 373 g/mol. The summed E-state index contributed by atoms with van der Waals surface area (Å²) >= 11 is 0. The molecule has 0 saturated heterocycles. The van der Waals surface area contributed by atoms with Crippen molar-refractivity contribution in [3.63, 3.8) is 0 Å². The lowest BCUT2D eigenvalue weighted by Gasteiger charge is -2.10. The maximum atomic E-state index is 12.9. The van der Waals surface area contributed by atoms with E-state index in [0.29, 0.717) is 16.8 Å². The summed E-state index contributed by atoms with van der Waals surface area (Å²) in [5.74, 6) is -0.342. The molecule has 0 atom stereocenters. The van der Waals surface area contributed by atoms with Gasteiger partial charge in [-0.05, 0) is 45.7 Å². The molecule has 0 spiro atoms. The molecule has 0 amide bonds. The molecule has 27 heavy (non-hydrogen) atoms. The van der Waals surface area contributed by atoms with Gasteiger partial charge in [-0.3, -0.25) is 0 Å². The van der Waals surface area contributed by atoms with Crippen molar-refractivity contribution in [2.45, 2.75) is 6.18 Å². The normalized spacial score (nSPS) is 11.7. The van der Waals surface area contributed by atoms with Gasteiger partial charge < -0.3 is 10.4 Å². The third kappa shape index (κ3) is 3.36. The highest BCUT2D eigenvalue weighted by atomic mass is 19.4. The van der Waals surface area contributed by atoms with E-state index in [9.17, 15) is 18.3 Å². The molecular weight excluding hydrogens is 363 g/mol. The number of nitrogens with zero attached hydrogens (tertiary/aromatic N) is 4. The van der Waals surface area contributed by atoms with Gasteiger partial charge in [-0.25, -0.2) is 4.63 Å². The van der Waals surface area contributed by atoms with Crippen molar-refractivity contribution >= 4 is 22.8 Å². The van der Waals surface area contributed by atoms with Crippen molar-refractivity contribution in [3.8, 4) is 17.0 Å². The second-order valence-corrected chi connectivity index (χ2v) is 5.59. The number of benzene rings is 2. The number of hydrogen-bond donors (Lipinski definition) is 2. The van der Waals surface area contributed by atoms with E-state index in [0.717, 1.165) is 12.1 Å². The molecule has 0 saturated carbocycles. The number of hydrogen-bond acceptors (Lipinski definition) is 7. The van der Waals surface area contributed by atoms with Crippen molar-refractivity contribution < 1.29 is 22.9 Å². The lowest BCUT2D eigenvalue weighted by Crippen LogP contribution is -2.04. The molecule has 0 radical (unpaired) electrons. The van der Waals surface area contributed by atoms with Crippen LogP contribution < -0.4 is 5.32 Å². The highest BCUT2D eigenvalue weighted by Crippen LogP contribution is 2.33. The monoisotopic (exact) mass is 373 g/mol. The topological polar surface area (TPSA) is 97.0 Å². The third-order valence-electron chi connectivity index (χ3n) is 3.77. The lowest BCUT2D eigenvalue weighted by atomic mass is 10.0. The molecule has 7 nitrogen and oxygen atoms in total. The Morgan fingerprint density at radius 2 is 1.59 bits per heavy atom. The second-order valence-electron chi connectivity index (χ2n) is 5.59. The molecule has 136 valence electrons. The summed E-state index contributed by atoms with van der Waals surface area (Å²) < 4.78 is 43.0. The number of aromatic nitrogens is 4. The molecule has 0 fully saturated rings. The number of anilines is 2. The molecule has 4 rings (SSSR count). The van der Waals surface area contributed by atoms with E-state index in [4.69, 9.17) is 0 Å². The minimum atomic E-state index is -4.40. The largest absolute Gasteiger partial charge is 0.491 e. The number of halogens is 3. The van der Waals surface area contributed by atoms with Gasteiger partial charge in [0, 0.05) is 5.69 Å². The van der Waals surface area contributed by atoms with Gasteiger partial charge in [0.05, 0.1) is 5.56 Å². The Balaban J connectivity index is 1.59. The van der Waals surface area contributed by atoms with Crippen LogP contribution in [0.4, 0.5) is 24.7 Å². The van der Waals surface area contributed by atoms with E-state index >= 15 is 0 Å². The predicted octanol–water partition coefficient (Wildman–Crippen LogP) is 4.15. The van der Waals surface area contributed by atoms with Crippen LogP contribution in [0.25, 0.3) is 22.4 Å². The van der Waals surface area contributed by atoms with Crippen LogP contribution in [0.2, 0.25) is 0 Å². The highest BCUT2D eigenvalue weighted by molar-refractivity contribution is 5.72. The minimum Gasteiger partial charge on any atom is -0.491 e. The Labute approximate surface area is 149 Å². The first-order valence-corrected chi connectivity index (χ1v) is 7.64. The summed E-state index contributed by atoms with van der Waals surface area (Å²) in [6, 6.07) is 11.7. The second kappa shape index (κ2) is 6.24. The number of alkyl halides is 3. The van der Waals surface area contributed by atoms with Crippen LogP contribution in [0.5, 0.6) is 5.88 Å². The Morgan fingerprint density at radius 3 is 2.30 bits per heavy atom. The molecular formula is C17H10F3N5O2. The molecule has 0 aliphatic heterocycles. The van der Waals surface area contributed by atoms with Crippen LogP contribution in [0, 0.1) is 0 Å². The number of aromatic hydroxyl groups is 1. The van der Waals surface area contributed by atoms with Crippen molar-refractivity contribution in [2.75, 3.05) is 5.32 Å². The standard InChI is InChI=1S/C17H10F3N5O2/c18-17(19,20)11-3-1-2-10(8-11)9-4-6-12(7-5-9)21-15-16(26)23-14-13(22-15)24-27-25-14/h1-8H,(H,21,22,24)(H,23,25,26). The maximum absolute atomic E-state index is 12.9. The summed E-state index contributed by atoms with van der Waals surface area (Å²) in [6.07, 6.45) is -4.40. The molecule has 0 bridgehead atoms. The lowest BCUT2D eigenvalue weighted by molar-refractivity contribution is -0.137. The number of fused-ring (bicyclic) bond motifs is 1. The van der Waals surface area contributed by atoms with Gasteiger partial charge in [0.1, 0.15) is 0 Å². The van der Waals surface area contributed by atoms with E-state index in [1.165, 1.54) is 6.07 Å². The summed E-state index contributed by atoms with van der Waals surface area (Å²) in [4.78, 5) is 7.82. The van der Waals surface area contributed by atoms with Gasteiger partial charge >= 0.3 is 6.18 Å². The zero-order valence-corrected chi connectivity index (χ0v) is 13.4. The minimum absolute atomic E-state index is 0.0463. The van der Waals surface area contributed by atoms with Crippen LogP contribution in [0.15, 0.2) is 53.2 Å². The fraction of sp³-hybridized carbons (Fsp3) is 0.0588. The molecule has 10 heteroatoms. The summed E-state index contributed by atoms with van der Waals surface area (Å²) in [5, 5.41) is 19.7. The molecule has 2 N–H and O–H groups in total. The van der Waals surface area contributed by atoms with Crippen LogP contribution in [0.3, 0.4) is 0 Å². The Kier molecular flexibility index (Phi) is 3.87. The van der Waals surface area contributed by atoms with E-state index in [1.54, 1.807) is 30.3 Å². The van der Waals surface area contributed by atoms with Gasteiger partial charge in [0.15, 0.2) is 5.82 Å². The van der Waals surface area contributed by atoms with E-state index in [2.05, 4.69) is 30.2 Å². The summed E-state index contributed by atoms with van der Waals surface area (Å²) in [5.41, 5.74) is 1.07. The fourth-order valence-electron chi connectivity index (χ4n) is 2.47. The highest BCUT2D eigenvalue weighted by Gasteiger charge is 2.30. The molecule has 0 aliphatic rings. The van der Waals surface area contributed by atoms with E-state index in [1.807, 2.05) is 0 Å². The molecule has 2 heterocycles. The molecule has 2 aromatic heterocycles. The van der Waals surface area contributed by atoms with Crippen LogP contribution in [-0.4, -0.2) is 25.4 Å². The smallest absolute Gasteiger partial charge is 0.416 e.